The molecule has 0 spiro atoms. The van der Waals surface area contributed by atoms with Gasteiger partial charge in [0, 0.05) is 17.9 Å². The second-order valence-electron chi connectivity index (χ2n) is 5.67. The van der Waals surface area contributed by atoms with Gasteiger partial charge in [-0.05, 0) is 23.8 Å². The maximum Gasteiger partial charge on any atom is 0.416 e. The number of rotatable bonds is 6. The van der Waals surface area contributed by atoms with Gasteiger partial charge in [-0.25, -0.2) is 0 Å². The van der Waals surface area contributed by atoms with Gasteiger partial charge in [-0.1, -0.05) is 59.8 Å². The second-order valence-corrected chi connectivity index (χ2v) is 7.02. The van der Waals surface area contributed by atoms with Crippen molar-refractivity contribution in [2.24, 2.45) is 0 Å². The minimum atomic E-state index is -4.36. The van der Waals surface area contributed by atoms with Crippen molar-refractivity contribution in [2.75, 3.05) is 0 Å². The quantitative estimate of drug-likeness (QED) is 0.364. The molecule has 1 aromatic heterocycles. The highest BCUT2D eigenvalue weighted by Gasteiger charge is 2.30. The summed E-state index contributed by atoms with van der Waals surface area (Å²) in [6.45, 7) is 4.20. The van der Waals surface area contributed by atoms with Crippen LogP contribution in [0.1, 0.15) is 11.1 Å². The second kappa shape index (κ2) is 8.19. The fourth-order valence-electron chi connectivity index (χ4n) is 2.52. The van der Waals surface area contributed by atoms with Crippen LogP contribution < -0.4 is 0 Å². The average Bonchev–Trinajstić information content (AvgIpc) is 3.03. The summed E-state index contributed by atoms with van der Waals surface area (Å²) in [5.41, 5.74) is 0.631. The molecular formula is C19H15ClF3N3S. The molecule has 27 heavy (non-hydrogen) atoms. The van der Waals surface area contributed by atoms with E-state index < -0.39 is 11.7 Å². The van der Waals surface area contributed by atoms with E-state index in [4.69, 9.17) is 11.6 Å². The Morgan fingerprint density at radius 1 is 1.11 bits per heavy atom. The monoisotopic (exact) mass is 409 g/mol. The molecule has 140 valence electrons. The molecule has 0 radical (unpaired) electrons. The van der Waals surface area contributed by atoms with E-state index in [-0.39, 0.29) is 0 Å². The number of aromatic nitrogens is 3. The van der Waals surface area contributed by atoms with E-state index in [1.165, 1.54) is 17.8 Å². The van der Waals surface area contributed by atoms with Crippen molar-refractivity contribution >= 4 is 23.4 Å². The summed E-state index contributed by atoms with van der Waals surface area (Å²) in [6, 6.07) is 12.5. The van der Waals surface area contributed by atoms with Crippen molar-refractivity contribution < 1.29 is 13.2 Å². The molecule has 3 nitrogen and oxygen atoms in total. The van der Waals surface area contributed by atoms with E-state index >= 15 is 0 Å². The first-order chi connectivity index (χ1) is 12.9. The summed E-state index contributed by atoms with van der Waals surface area (Å²) in [6.07, 6.45) is -2.65. The number of alkyl halides is 3. The van der Waals surface area contributed by atoms with Crippen LogP contribution >= 0.6 is 23.4 Å². The molecule has 1 heterocycles. The molecule has 0 fully saturated rings. The van der Waals surface area contributed by atoms with Gasteiger partial charge in [-0.3, -0.25) is 4.57 Å². The lowest BCUT2D eigenvalue weighted by Crippen LogP contribution is -2.05. The topological polar surface area (TPSA) is 30.7 Å². The number of hydrogen-bond donors (Lipinski definition) is 0. The van der Waals surface area contributed by atoms with E-state index in [1.807, 2.05) is 22.8 Å². The third kappa shape index (κ3) is 4.54. The van der Waals surface area contributed by atoms with Gasteiger partial charge in [0.1, 0.15) is 0 Å². The molecular weight excluding hydrogens is 395 g/mol. The average molecular weight is 410 g/mol. The Bertz CT molecular complexity index is 953. The zero-order valence-electron chi connectivity index (χ0n) is 14.1. The molecule has 0 amide bonds. The first-order valence-corrected chi connectivity index (χ1v) is 9.34. The summed E-state index contributed by atoms with van der Waals surface area (Å²) >= 11 is 7.56. The number of hydrogen-bond acceptors (Lipinski definition) is 3. The van der Waals surface area contributed by atoms with Crippen molar-refractivity contribution in [1.29, 1.82) is 0 Å². The van der Waals surface area contributed by atoms with Gasteiger partial charge in [0.25, 0.3) is 0 Å². The Hall–Kier alpha value is -2.25. The van der Waals surface area contributed by atoms with Crippen molar-refractivity contribution in [1.82, 2.24) is 14.8 Å². The Morgan fingerprint density at radius 3 is 2.59 bits per heavy atom. The summed E-state index contributed by atoms with van der Waals surface area (Å²) in [4.78, 5) is 0. The fraction of sp³-hybridized carbons (Fsp3) is 0.158. The standard InChI is InChI=1S/C19H15ClF3N3S/c1-2-10-26-17(15-8-3-4-9-16(15)20)24-25-18(26)27-12-13-6-5-7-14(11-13)19(21,22)23/h2-9,11H,1,10,12H2. The molecule has 2 aromatic carbocycles. The minimum absolute atomic E-state index is 0.335. The number of thioether (sulfide) groups is 1. The van der Waals surface area contributed by atoms with Crippen LogP contribution in [0.5, 0.6) is 0 Å². The van der Waals surface area contributed by atoms with Crippen LogP contribution in [0.3, 0.4) is 0 Å². The van der Waals surface area contributed by atoms with Crippen LogP contribution in [0, 0.1) is 0 Å². The van der Waals surface area contributed by atoms with Crippen molar-refractivity contribution in [3.05, 3.63) is 77.3 Å². The zero-order chi connectivity index (χ0) is 19.4. The number of benzene rings is 2. The molecule has 0 N–H and O–H groups in total. The van der Waals surface area contributed by atoms with Gasteiger partial charge in [-0.15, -0.1) is 16.8 Å². The van der Waals surface area contributed by atoms with Crippen molar-refractivity contribution in [3.8, 4) is 11.4 Å². The van der Waals surface area contributed by atoms with Gasteiger partial charge < -0.3 is 0 Å². The van der Waals surface area contributed by atoms with E-state index in [0.717, 1.165) is 17.7 Å². The molecule has 0 saturated heterocycles. The molecule has 0 aliphatic carbocycles. The van der Waals surface area contributed by atoms with Crippen LogP contribution in [0.15, 0.2) is 66.3 Å². The Kier molecular flexibility index (Phi) is 5.92. The van der Waals surface area contributed by atoms with Crippen LogP contribution in [0.25, 0.3) is 11.4 Å². The molecule has 0 aliphatic heterocycles. The molecule has 0 bridgehead atoms. The smallest absolute Gasteiger partial charge is 0.298 e. The third-order valence-corrected chi connectivity index (χ3v) is 5.13. The largest absolute Gasteiger partial charge is 0.416 e. The number of nitrogens with zero attached hydrogens (tertiary/aromatic N) is 3. The predicted octanol–water partition coefficient (Wildman–Crippen LogP) is 6.10. The normalized spacial score (nSPS) is 11.6. The van der Waals surface area contributed by atoms with E-state index in [2.05, 4.69) is 16.8 Å². The minimum Gasteiger partial charge on any atom is -0.298 e. The first kappa shape index (κ1) is 19.5. The van der Waals surface area contributed by atoms with Crippen molar-refractivity contribution in [3.63, 3.8) is 0 Å². The molecule has 0 atom stereocenters. The SMILES string of the molecule is C=CCn1c(SCc2cccc(C(F)(F)F)c2)nnc1-c1ccccc1Cl. The Labute approximate surface area is 163 Å². The summed E-state index contributed by atoms with van der Waals surface area (Å²) in [7, 11) is 0. The number of halogens is 4. The first-order valence-electron chi connectivity index (χ1n) is 7.98. The highest BCUT2D eigenvalue weighted by molar-refractivity contribution is 7.98. The van der Waals surface area contributed by atoms with Gasteiger partial charge in [0.05, 0.1) is 10.6 Å². The highest BCUT2D eigenvalue weighted by Crippen LogP contribution is 2.32. The predicted molar refractivity (Wildman–Crippen MR) is 102 cm³/mol. The summed E-state index contributed by atoms with van der Waals surface area (Å²) in [5.74, 6) is 0.925. The molecule has 0 aliphatic rings. The summed E-state index contributed by atoms with van der Waals surface area (Å²) < 4.78 is 40.4. The maximum absolute atomic E-state index is 12.9. The van der Waals surface area contributed by atoms with E-state index in [1.54, 1.807) is 18.2 Å². The molecule has 3 rings (SSSR count). The van der Waals surface area contributed by atoms with Crippen LogP contribution in [0.2, 0.25) is 5.02 Å². The van der Waals surface area contributed by atoms with Gasteiger partial charge in [0.15, 0.2) is 11.0 Å². The molecule has 3 aromatic rings. The lowest BCUT2D eigenvalue weighted by atomic mass is 10.1. The Balaban J connectivity index is 1.86. The third-order valence-electron chi connectivity index (χ3n) is 3.77. The van der Waals surface area contributed by atoms with Gasteiger partial charge >= 0.3 is 6.18 Å². The van der Waals surface area contributed by atoms with Crippen LogP contribution in [0.4, 0.5) is 13.2 Å². The molecule has 0 saturated carbocycles. The van der Waals surface area contributed by atoms with Crippen LogP contribution in [-0.2, 0) is 18.5 Å². The van der Waals surface area contributed by atoms with Gasteiger partial charge in [0.2, 0.25) is 0 Å². The van der Waals surface area contributed by atoms with Crippen molar-refractivity contribution in [2.45, 2.75) is 23.6 Å². The number of allylic oxidation sites excluding steroid dienone is 1. The Morgan fingerprint density at radius 2 is 1.89 bits per heavy atom. The zero-order valence-corrected chi connectivity index (χ0v) is 15.7. The fourth-order valence-corrected chi connectivity index (χ4v) is 3.63. The molecule has 8 heteroatoms. The highest BCUT2D eigenvalue weighted by atomic mass is 35.5. The lowest BCUT2D eigenvalue weighted by molar-refractivity contribution is -0.137. The van der Waals surface area contributed by atoms with E-state index in [9.17, 15) is 13.2 Å². The van der Waals surface area contributed by atoms with E-state index in [0.29, 0.717) is 33.9 Å². The summed E-state index contributed by atoms with van der Waals surface area (Å²) in [5, 5.41) is 9.53. The lowest BCUT2D eigenvalue weighted by Gasteiger charge is -2.10. The maximum atomic E-state index is 12.9. The van der Waals surface area contributed by atoms with Crippen LogP contribution in [-0.4, -0.2) is 14.8 Å². The molecule has 0 unspecified atom stereocenters. The van der Waals surface area contributed by atoms with Gasteiger partial charge in [-0.2, -0.15) is 13.2 Å².